The molecule has 1 heterocycles. The SMILES string of the molecule is COc1ccc2cc(C(=O)/C=C\c3cccs3)ccc2c1. The second-order valence-electron chi connectivity index (χ2n) is 4.64. The van der Waals surface area contributed by atoms with Crippen LogP contribution in [0.15, 0.2) is 60.0 Å². The van der Waals surface area contributed by atoms with E-state index >= 15 is 0 Å². The number of thiophene rings is 1. The van der Waals surface area contributed by atoms with Gasteiger partial charge in [0.25, 0.3) is 0 Å². The van der Waals surface area contributed by atoms with Gasteiger partial charge >= 0.3 is 0 Å². The fourth-order valence-corrected chi connectivity index (χ4v) is 2.76. The van der Waals surface area contributed by atoms with Crippen LogP contribution in [0, 0.1) is 0 Å². The first-order chi connectivity index (χ1) is 10.3. The molecule has 0 bridgehead atoms. The van der Waals surface area contributed by atoms with Gasteiger partial charge in [-0.05, 0) is 52.6 Å². The average Bonchev–Trinajstić information content (AvgIpc) is 3.05. The van der Waals surface area contributed by atoms with E-state index in [-0.39, 0.29) is 5.78 Å². The van der Waals surface area contributed by atoms with Crippen LogP contribution in [0.5, 0.6) is 5.75 Å². The van der Waals surface area contributed by atoms with Crippen molar-refractivity contribution in [3.05, 3.63) is 70.4 Å². The van der Waals surface area contributed by atoms with Crippen molar-refractivity contribution in [2.45, 2.75) is 0 Å². The maximum absolute atomic E-state index is 12.2. The van der Waals surface area contributed by atoms with Crippen molar-refractivity contribution in [3.8, 4) is 5.75 Å². The molecule has 0 aliphatic rings. The topological polar surface area (TPSA) is 26.3 Å². The second-order valence-corrected chi connectivity index (χ2v) is 5.62. The lowest BCUT2D eigenvalue weighted by Gasteiger charge is -2.04. The maximum Gasteiger partial charge on any atom is 0.185 e. The molecule has 0 aliphatic heterocycles. The predicted octanol–water partition coefficient (Wildman–Crippen LogP) is 4.81. The van der Waals surface area contributed by atoms with Crippen molar-refractivity contribution in [2.24, 2.45) is 0 Å². The Balaban J connectivity index is 1.88. The third-order valence-corrected chi connectivity index (χ3v) is 4.11. The summed E-state index contributed by atoms with van der Waals surface area (Å²) in [5.41, 5.74) is 0.695. The van der Waals surface area contributed by atoms with Crippen LogP contribution in [0.1, 0.15) is 15.2 Å². The number of allylic oxidation sites excluding steroid dienone is 1. The number of benzene rings is 2. The van der Waals surface area contributed by atoms with Gasteiger partial charge in [-0.3, -0.25) is 4.79 Å². The van der Waals surface area contributed by atoms with Gasteiger partial charge < -0.3 is 4.74 Å². The molecule has 2 nitrogen and oxygen atoms in total. The number of methoxy groups -OCH3 is 1. The summed E-state index contributed by atoms with van der Waals surface area (Å²) in [5.74, 6) is 0.834. The Kier molecular flexibility index (Phi) is 3.84. The molecule has 0 aliphatic carbocycles. The van der Waals surface area contributed by atoms with Gasteiger partial charge in [0.1, 0.15) is 5.75 Å². The Hall–Kier alpha value is -2.39. The zero-order valence-electron chi connectivity index (χ0n) is 11.6. The van der Waals surface area contributed by atoms with E-state index in [9.17, 15) is 4.79 Å². The molecule has 0 saturated carbocycles. The monoisotopic (exact) mass is 294 g/mol. The summed E-state index contributed by atoms with van der Waals surface area (Å²) in [6.07, 6.45) is 3.47. The molecule has 3 rings (SSSR count). The molecule has 104 valence electrons. The number of hydrogen-bond donors (Lipinski definition) is 0. The van der Waals surface area contributed by atoms with Crippen molar-refractivity contribution >= 4 is 34.0 Å². The summed E-state index contributed by atoms with van der Waals surface area (Å²) in [6.45, 7) is 0. The standard InChI is InChI=1S/C18H14O2S/c1-20-16-7-6-13-11-15(5-4-14(13)12-16)18(19)9-8-17-3-2-10-21-17/h2-12H,1H3/b9-8-. The Morgan fingerprint density at radius 3 is 2.67 bits per heavy atom. The Bertz CT molecular complexity index is 801. The van der Waals surface area contributed by atoms with Gasteiger partial charge in [0.2, 0.25) is 0 Å². The zero-order valence-corrected chi connectivity index (χ0v) is 12.4. The second kappa shape index (κ2) is 5.94. The lowest BCUT2D eigenvalue weighted by atomic mass is 10.0. The highest BCUT2D eigenvalue weighted by molar-refractivity contribution is 7.10. The van der Waals surface area contributed by atoms with Crippen LogP contribution in [-0.4, -0.2) is 12.9 Å². The van der Waals surface area contributed by atoms with Gasteiger partial charge in [-0.25, -0.2) is 0 Å². The normalized spacial score (nSPS) is 11.1. The number of ketones is 1. The molecule has 3 aromatic rings. The van der Waals surface area contributed by atoms with E-state index in [1.807, 2.05) is 60.0 Å². The summed E-state index contributed by atoms with van der Waals surface area (Å²) in [5, 5.41) is 4.09. The van der Waals surface area contributed by atoms with Gasteiger partial charge in [0.15, 0.2) is 5.78 Å². The van der Waals surface area contributed by atoms with Crippen LogP contribution >= 0.6 is 11.3 Å². The maximum atomic E-state index is 12.2. The molecule has 1 aromatic heterocycles. The highest BCUT2D eigenvalue weighted by Gasteiger charge is 2.04. The molecule has 0 amide bonds. The molecule has 0 saturated heterocycles. The summed E-state index contributed by atoms with van der Waals surface area (Å²) in [6, 6.07) is 15.5. The minimum atomic E-state index is 0.0149. The van der Waals surface area contributed by atoms with Gasteiger partial charge in [0.05, 0.1) is 7.11 Å². The first kappa shape index (κ1) is 13.6. The molecule has 0 atom stereocenters. The molecule has 0 fully saturated rings. The van der Waals surface area contributed by atoms with Crippen molar-refractivity contribution in [2.75, 3.05) is 7.11 Å². The van der Waals surface area contributed by atoms with Gasteiger partial charge in [-0.15, -0.1) is 11.3 Å². The number of carbonyl (C=O) groups excluding carboxylic acids is 1. The van der Waals surface area contributed by atoms with E-state index in [2.05, 4.69) is 0 Å². The van der Waals surface area contributed by atoms with E-state index in [4.69, 9.17) is 4.74 Å². The summed E-state index contributed by atoms with van der Waals surface area (Å²) in [7, 11) is 1.65. The Morgan fingerprint density at radius 2 is 1.90 bits per heavy atom. The van der Waals surface area contributed by atoms with Crippen LogP contribution < -0.4 is 4.74 Å². The minimum absolute atomic E-state index is 0.0149. The van der Waals surface area contributed by atoms with E-state index in [0.29, 0.717) is 5.56 Å². The van der Waals surface area contributed by atoms with Crippen molar-refractivity contribution in [3.63, 3.8) is 0 Å². The quantitative estimate of drug-likeness (QED) is 0.510. The molecule has 2 aromatic carbocycles. The number of fused-ring (bicyclic) bond motifs is 1. The third kappa shape index (κ3) is 3.03. The molecular formula is C18H14O2S. The molecule has 0 spiro atoms. The number of hydrogen-bond acceptors (Lipinski definition) is 3. The molecule has 0 radical (unpaired) electrons. The van der Waals surface area contributed by atoms with Crippen LogP contribution in [0.4, 0.5) is 0 Å². The van der Waals surface area contributed by atoms with Gasteiger partial charge in [-0.1, -0.05) is 24.3 Å². The van der Waals surface area contributed by atoms with Crippen LogP contribution in [0.3, 0.4) is 0 Å². The average molecular weight is 294 g/mol. The number of rotatable bonds is 4. The highest BCUT2D eigenvalue weighted by Crippen LogP contribution is 2.22. The Labute approximate surface area is 127 Å². The van der Waals surface area contributed by atoms with E-state index < -0.39 is 0 Å². The minimum Gasteiger partial charge on any atom is -0.497 e. The molecular weight excluding hydrogens is 280 g/mol. The number of ether oxygens (including phenoxy) is 1. The zero-order chi connectivity index (χ0) is 14.7. The summed E-state index contributed by atoms with van der Waals surface area (Å²) < 4.78 is 5.20. The molecule has 21 heavy (non-hydrogen) atoms. The Morgan fingerprint density at radius 1 is 1.10 bits per heavy atom. The number of carbonyl (C=O) groups is 1. The van der Waals surface area contributed by atoms with Gasteiger partial charge in [-0.2, -0.15) is 0 Å². The van der Waals surface area contributed by atoms with E-state index in [0.717, 1.165) is 21.4 Å². The smallest absolute Gasteiger partial charge is 0.185 e. The van der Waals surface area contributed by atoms with Gasteiger partial charge in [0, 0.05) is 10.4 Å². The van der Waals surface area contributed by atoms with E-state index in [1.54, 1.807) is 24.5 Å². The van der Waals surface area contributed by atoms with Crippen LogP contribution in [0.2, 0.25) is 0 Å². The van der Waals surface area contributed by atoms with Crippen molar-refractivity contribution < 1.29 is 9.53 Å². The van der Waals surface area contributed by atoms with Crippen molar-refractivity contribution in [1.82, 2.24) is 0 Å². The summed E-state index contributed by atoms with van der Waals surface area (Å²) >= 11 is 1.61. The lowest BCUT2D eigenvalue weighted by molar-refractivity contribution is 0.104. The molecule has 0 unspecified atom stereocenters. The van der Waals surface area contributed by atoms with Crippen molar-refractivity contribution in [1.29, 1.82) is 0 Å². The van der Waals surface area contributed by atoms with Crippen LogP contribution in [-0.2, 0) is 0 Å². The molecule has 3 heteroatoms. The largest absolute Gasteiger partial charge is 0.497 e. The van der Waals surface area contributed by atoms with E-state index in [1.165, 1.54) is 0 Å². The fourth-order valence-electron chi connectivity index (χ4n) is 2.14. The summed E-state index contributed by atoms with van der Waals surface area (Å²) in [4.78, 5) is 13.3. The first-order valence-electron chi connectivity index (χ1n) is 6.60. The fraction of sp³-hybridized carbons (Fsp3) is 0.0556. The van der Waals surface area contributed by atoms with Crippen LogP contribution in [0.25, 0.3) is 16.8 Å². The molecule has 0 N–H and O–H groups in total. The lowest BCUT2D eigenvalue weighted by Crippen LogP contribution is -1.93. The first-order valence-corrected chi connectivity index (χ1v) is 7.48. The predicted molar refractivity (Wildman–Crippen MR) is 88.2 cm³/mol. The highest BCUT2D eigenvalue weighted by atomic mass is 32.1. The third-order valence-electron chi connectivity index (χ3n) is 3.27.